The molecule has 1 heterocycles. The fourth-order valence-corrected chi connectivity index (χ4v) is 1.79. The van der Waals surface area contributed by atoms with E-state index in [2.05, 4.69) is 22.9 Å². The maximum atomic E-state index is 5.34. The molecule has 3 heteroatoms. The Balaban J connectivity index is 2.29. The summed E-state index contributed by atoms with van der Waals surface area (Å²) in [4.78, 5) is 0. The number of ether oxygens (including phenoxy) is 2. The maximum absolute atomic E-state index is 5.34. The van der Waals surface area contributed by atoms with Gasteiger partial charge in [-0.2, -0.15) is 0 Å². The van der Waals surface area contributed by atoms with Crippen molar-refractivity contribution >= 4 is 15.9 Å². The van der Waals surface area contributed by atoms with Crippen molar-refractivity contribution in [3.8, 4) is 0 Å². The first-order valence-electron chi connectivity index (χ1n) is 3.67. The minimum atomic E-state index is 0.0457. The Morgan fingerprint density at radius 2 is 2.10 bits per heavy atom. The van der Waals surface area contributed by atoms with Gasteiger partial charge in [-0.05, 0) is 6.42 Å². The summed E-state index contributed by atoms with van der Waals surface area (Å²) < 4.78 is 10.7. The van der Waals surface area contributed by atoms with Crippen molar-refractivity contribution in [2.24, 2.45) is 5.92 Å². The lowest BCUT2D eigenvalue weighted by molar-refractivity contribution is -0.0773. The molecule has 1 saturated heterocycles. The van der Waals surface area contributed by atoms with Gasteiger partial charge in [0, 0.05) is 11.2 Å². The summed E-state index contributed by atoms with van der Waals surface area (Å²) in [6, 6.07) is 0. The van der Waals surface area contributed by atoms with Crippen LogP contribution in [0.5, 0.6) is 0 Å². The Morgan fingerprint density at radius 3 is 2.50 bits per heavy atom. The zero-order valence-corrected chi connectivity index (χ0v) is 7.76. The number of halogens is 1. The molecule has 1 fully saturated rings. The predicted molar refractivity (Wildman–Crippen MR) is 43.3 cm³/mol. The van der Waals surface area contributed by atoms with E-state index in [1.54, 1.807) is 0 Å². The summed E-state index contributed by atoms with van der Waals surface area (Å²) in [6.07, 6.45) is 1.15. The van der Waals surface area contributed by atoms with Crippen molar-refractivity contribution < 1.29 is 9.47 Å². The summed E-state index contributed by atoms with van der Waals surface area (Å²) >= 11 is 3.43. The summed E-state index contributed by atoms with van der Waals surface area (Å²) in [5.41, 5.74) is 0. The van der Waals surface area contributed by atoms with E-state index in [9.17, 15) is 0 Å². The molecule has 60 valence electrons. The highest BCUT2D eigenvalue weighted by Crippen LogP contribution is 2.19. The van der Waals surface area contributed by atoms with Crippen molar-refractivity contribution in [1.29, 1.82) is 0 Å². The first kappa shape index (κ1) is 8.50. The fraction of sp³-hybridized carbons (Fsp3) is 1.00. The summed E-state index contributed by atoms with van der Waals surface area (Å²) in [5, 5.41) is 0.966. The Morgan fingerprint density at radius 1 is 1.50 bits per heavy atom. The van der Waals surface area contributed by atoms with Crippen LogP contribution in [0.15, 0.2) is 0 Å². The quantitative estimate of drug-likeness (QED) is 0.659. The summed E-state index contributed by atoms with van der Waals surface area (Å²) in [6.45, 7) is 3.67. The summed E-state index contributed by atoms with van der Waals surface area (Å²) in [7, 11) is 0. The third-order valence-electron chi connectivity index (χ3n) is 1.76. The molecule has 0 N–H and O–H groups in total. The second kappa shape index (κ2) is 4.31. The van der Waals surface area contributed by atoms with E-state index < -0.39 is 0 Å². The molecule has 0 aromatic heterocycles. The largest absolute Gasteiger partial charge is 0.350 e. The summed E-state index contributed by atoms with van der Waals surface area (Å²) in [5.74, 6) is 0.516. The van der Waals surface area contributed by atoms with E-state index in [4.69, 9.17) is 9.47 Å². The highest BCUT2D eigenvalue weighted by Gasteiger charge is 2.23. The molecule has 1 atom stereocenters. The van der Waals surface area contributed by atoms with E-state index in [1.807, 2.05) is 0 Å². The third-order valence-corrected chi connectivity index (χ3v) is 2.59. The van der Waals surface area contributed by atoms with Crippen molar-refractivity contribution in [3.05, 3.63) is 0 Å². The highest BCUT2D eigenvalue weighted by atomic mass is 79.9. The second-order valence-electron chi connectivity index (χ2n) is 2.43. The lowest BCUT2D eigenvalue weighted by Gasteiger charge is -2.17. The van der Waals surface area contributed by atoms with Gasteiger partial charge in [-0.3, -0.25) is 0 Å². The molecule has 0 spiro atoms. The van der Waals surface area contributed by atoms with E-state index in [0.717, 1.165) is 25.0 Å². The molecule has 0 bridgehead atoms. The molecular formula is C7H13BrO2. The zero-order chi connectivity index (χ0) is 7.40. The van der Waals surface area contributed by atoms with Gasteiger partial charge in [-0.15, -0.1) is 0 Å². The molecule has 1 aliphatic heterocycles. The van der Waals surface area contributed by atoms with E-state index in [1.165, 1.54) is 0 Å². The Hall–Kier alpha value is 0.400. The first-order valence-corrected chi connectivity index (χ1v) is 4.79. The second-order valence-corrected chi connectivity index (χ2v) is 3.08. The highest BCUT2D eigenvalue weighted by molar-refractivity contribution is 9.09. The number of alkyl halides is 1. The van der Waals surface area contributed by atoms with Crippen LogP contribution in [-0.4, -0.2) is 24.8 Å². The van der Waals surface area contributed by atoms with Crippen LogP contribution in [-0.2, 0) is 9.47 Å². The van der Waals surface area contributed by atoms with Crippen LogP contribution in [0.1, 0.15) is 13.3 Å². The van der Waals surface area contributed by atoms with Gasteiger partial charge in [-0.1, -0.05) is 22.9 Å². The third kappa shape index (κ3) is 1.94. The van der Waals surface area contributed by atoms with Crippen molar-refractivity contribution in [2.75, 3.05) is 18.5 Å². The smallest absolute Gasteiger partial charge is 0.161 e. The molecule has 1 rings (SSSR count). The molecule has 0 aromatic carbocycles. The first-order chi connectivity index (χ1) is 4.88. The molecule has 0 radical (unpaired) electrons. The molecule has 2 nitrogen and oxygen atoms in total. The van der Waals surface area contributed by atoms with Crippen LogP contribution in [0.25, 0.3) is 0 Å². The van der Waals surface area contributed by atoms with Gasteiger partial charge in [0.15, 0.2) is 6.29 Å². The Labute approximate surface area is 70.0 Å². The van der Waals surface area contributed by atoms with Crippen LogP contribution >= 0.6 is 15.9 Å². The monoisotopic (exact) mass is 208 g/mol. The van der Waals surface area contributed by atoms with Crippen molar-refractivity contribution in [3.63, 3.8) is 0 Å². The van der Waals surface area contributed by atoms with Crippen LogP contribution in [0.3, 0.4) is 0 Å². The van der Waals surface area contributed by atoms with Crippen LogP contribution in [0.4, 0.5) is 0 Å². The standard InChI is InChI=1S/C7H13BrO2/c1-2-6(5-8)7-9-3-4-10-7/h6-7H,2-5H2,1H3. The van der Waals surface area contributed by atoms with Gasteiger partial charge < -0.3 is 9.47 Å². The van der Waals surface area contributed by atoms with E-state index in [-0.39, 0.29) is 6.29 Å². The molecule has 1 unspecified atom stereocenters. The molecule has 0 aliphatic carbocycles. The number of hydrogen-bond acceptors (Lipinski definition) is 2. The lowest BCUT2D eigenvalue weighted by atomic mass is 10.1. The molecule has 0 aromatic rings. The maximum Gasteiger partial charge on any atom is 0.161 e. The van der Waals surface area contributed by atoms with Gasteiger partial charge in [0.2, 0.25) is 0 Å². The van der Waals surface area contributed by atoms with Crippen molar-refractivity contribution in [1.82, 2.24) is 0 Å². The normalized spacial score (nSPS) is 23.4. The van der Waals surface area contributed by atoms with Gasteiger partial charge in [-0.25, -0.2) is 0 Å². The number of hydrogen-bond donors (Lipinski definition) is 0. The molecule has 1 aliphatic rings. The lowest BCUT2D eigenvalue weighted by Crippen LogP contribution is -2.21. The minimum Gasteiger partial charge on any atom is -0.350 e. The van der Waals surface area contributed by atoms with Gasteiger partial charge in [0.05, 0.1) is 13.2 Å². The topological polar surface area (TPSA) is 18.5 Å². The molecule has 0 saturated carbocycles. The van der Waals surface area contributed by atoms with Crippen molar-refractivity contribution in [2.45, 2.75) is 19.6 Å². The SMILES string of the molecule is CCC(CBr)C1OCCO1. The van der Waals surface area contributed by atoms with Gasteiger partial charge in [0.25, 0.3) is 0 Å². The minimum absolute atomic E-state index is 0.0457. The molecule has 0 amide bonds. The predicted octanol–water partition coefficient (Wildman–Crippen LogP) is 1.78. The Kier molecular flexibility index (Phi) is 3.66. The number of rotatable bonds is 3. The average Bonchev–Trinajstić information content (AvgIpc) is 2.43. The Bertz CT molecular complexity index is 87.6. The molecule has 10 heavy (non-hydrogen) atoms. The van der Waals surface area contributed by atoms with Gasteiger partial charge >= 0.3 is 0 Å². The molecular weight excluding hydrogens is 196 g/mol. The fourth-order valence-electron chi connectivity index (χ4n) is 1.02. The van der Waals surface area contributed by atoms with E-state index >= 15 is 0 Å². The average molecular weight is 209 g/mol. The zero-order valence-electron chi connectivity index (χ0n) is 6.18. The van der Waals surface area contributed by atoms with Crippen LogP contribution in [0, 0.1) is 5.92 Å². The van der Waals surface area contributed by atoms with E-state index in [0.29, 0.717) is 5.92 Å². The van der Waals surface area contributed by atoms with Gasteiger partial charge in [0.1, 0.15) is 0 Å². The van der Waals surface area contributed by atoms with Crippen LogP contribution < -0.4 is 0 Å². The van der Waals surface area contributed by atoms with Crippen LogP contribution in [0.2, 0.25) is 0 Å².